The molecule has 7 heteroatoms. The zero-order valence-electron chi connectivity index (χ0n) is 20.2. The molecule has 1 amide bonds. The summed E-state index contributed by atoms with van der Waals surface area (Å²) in [4.78, 5) is 12.6. The van der Waals surface area contributed by atoms with Gasteiger partial charge in [0.15, 0.2) is 0 Å². The fraction of sp³-hybridized carbons (Fsp3) is 0.370. The van der Waals surface area contributed by atoms with Crippen molar-refractivity contribution in [2.24, 2.45) is 5.73 Å². The van der Waals surface area contributed by atoms with E-state index in [1.54, 1.807) is 0 Å². The predicted octanol–water partition coefficient (Wildman–Crippen LogP) is 5.79. The SMILES string of the molecule is C/C=C(\C)C[C@@](C)(N)c1nnc([C@H](CCC2=CC=CC=CC2)NC(=O)OCc2ccccc2)o1. The molecule has 3 N–H and O–H groups in total. The summed E-state index contributed by atoms with van der Waals surface area (Å²) < 4.78 is 11.4. The zero-order chi connectivity index (χ0) is 24.4. The third kappa shape index (κ3) is 7.56. The van der Waals surface area contributed by atoms with Crippen LogP contribution in [0.15, 0.2) is 82.4 Å². The van der Waals surface area contributed by atoms with Gasteiger partial charge in [0, 0.05) is 0 Å². The first-order valence-electron chi connectivity index (χ1n) is 11.6. The van der Waals surface area contributed by atoms with Crippen LogP contribution in [0.2, 0.25) is 0 Å². The van der Waals surface area contributed by atoms with Crippen LogP contribution in [-0.4, -0.2) is 16.3 Å². The first kappa shape index (κ1) is 25.2. The van der Waals surface area contributed by atoms with Crippen LogP contribution in [0.3, 0.4) is 0 Å². The highest BCUT2D eigenvalue weighted by atomic mass is 16.5. The molecular formula is C27H34N4O3. The number of allylic oxidation sites excluding steroid dienone is 7. The highest BCUT2D eigenvalue weighted by Crippen LogP contribution is 2.28. The molecule has 180 valence electrons. The second-order valence-electron chi connectivity index (χ2n) is 8.81. The summed E-state index contributed by atoms with van der Waals surface area (Å²) in [6, 6.07) is 9.04. The molecule has 0 radical (unpaired) electrons. The maximum Gasteiger partial charge on any atom is 0.408 e. The van der Waals surface area contributed by atoms with E-state index in [9.17, 15) is 4.79 Å². The van der Waals surface area contributed by atoms with E-state index in [0.29, 0.717) is 24.6 Å². The largest absolute Gasteiger partial charge is 0.445 e. The van der Waals surface area contributed by atoms with Crippen molar-refractivity contribution in [3.63, 3.8) is 0 Å². The zero-order valence-corrected chi connectivity index (χ0v) is 20.2. The number of benzene rings is 1. The first-order valence-corrected chi connectivity index (χ1v) is 11.6. The van der Waals surface area contributed by atoms with Crippen LogP contribution in [0, 0.1) is 0 Å². The normalized spacial score (nSPS) is 16.4. The topological polar surface area (TPSA) is 103 Å². The number of nitrogens with two attached hydrogens (primary N) is 1. The first-order chi connectivity index (χ1) is 16.4. The minimum Gasteiger partial charge on any atom is -0.445 e. The predicted molar refractivity (Wildman–Crippen MR) is 133 cm³/mol. The summed E-state index contributed by atoms with van der Waals surface area (Å²) in [5.41, 5.74) is 8.96. The van der Waals surface area contributed by atoms with Crippen molar-refractivity contribution >= 4 is 6.09 Å². The molecule has 0 saturated heterocycles. The van der Waals surface area contributed by atoms with Crippen molar-refractivity contribution in [1.29, 1.82) is 0 Å². The van der Waals surface area contributed by atoms with Crippen molar-refractivity contribution in [3.05, 3.63) is 95.3 Å². The van der Waals surface area contributed by atoms with Crippen molar-refractivity contribution < 1.29 is 13.9 Å². The van der Waals surface area contributed by atoms with Crippen LogP contribution >= 0.6 is 0 Å². The van der Waals surface area contributed by atoms with E-state index in [4.69, 9.17) is 14.9 Å². The van der Waals surface area contributed by atoms with E-state index < -0.39 is 17.7 Å². The minimum atomic E-state index is -0.806. The van der Waals surface area contributed by atoms with Gasteiger partial charge in [0.1, 0.15) is 12.6 Å². The standard InChI is InChI=1S/C27H34N4O3/c1-4-20(2)18-27(3,28)25-31-30-24(34-25)23(17-16-21-12-8-5-6-9-13-21)29-26(32)33-19-22-14-10-7-11-15-22/h4-12,14-15,23H,13,16-19,28H2,1-3H3,(H,29,32)/b20-4+/t23-,27+/m0/s1. The summed E-state index contributed by atoms with van der Waals surface area (Å²) >= 11 is 0. The average Bonchev–Trinajstić information content (AvgIpc) is 3.19. The molecule has 2 aromatic rings. The van der Waals surface area contributed by atoms with Crippen LogP contribution < -0.4 is 11.1 Å². The van der Waals surface area contributed by atoms with Gasteiger partial charge in [-0.2, -0.15) is 0 Å². The lowest BCUT2D eigenvalue weighted by atomic mass is 9.94. The highest BCUT2D eigenvalue weighted by molar-refractivity contribution is 5.67. The molecule has 34 heavy (non-hydrogen) atoms. The Morgan fingerprint density at radius 1 is 1.26 bits per heavy atom. The smallest absolute Gasteiger partial charge is 0.408 e. The Hall–Kier alpha value is -3.45. The average molecular weight is 463 g/mol. The molecule has 3 rings (SSSR count). The number of nitrogens with one attached hydrogen (secondary N) is 1. The quantitative estimate of drug-likeness (QED) is 0.433. The number of rotatable bonds is 10. The van der Waals surface area contributed by atoms with Crippen LogP contribution in [0.4, 0.5) is 4.79 Å². The molecule has 7 nitrogen and oxygen atoms in total. The Bertz CT molecular complexity index is 1060. The molecule has 0 aliphatic heterocycles. The van der Waals surface area contributed by atoms with Crippen molar-refractivity contribution in [3.8, 4) is 0 Å². The Morgan fingerprint density at radius 2 is 2.06 bits per heavy atom. The Morgan fingerprint density at radius 3 is 2.82 bits per heavy atom. The van der Waals surface area contributed by atoms with E-state index in [-0.39, 0.29) is 6.61 Å². The Kier molecular flexibility index (Phi) is 8.99. The van der Waals surface area contributed by atoms with Crippen molar-refractivity contribution in [1.82, 2.24) is 15.5 Å². The number of aromatic nitrogens is 2. The van der Waals surface area contributed by atoms with Gasteiger partial charge < -0.3 is 20.2 Å². The molecular weight excluding hydrogens is 428 g/mol. The van der Waals surface area contributed by atoms with Gasteiger partial charge in [0.25, 0.3) is 0 Å². The number of hydrogen-bond donors (Lipinski definition) is 2. The molecule has 0 unspecified atom stereocenters. The van der Waals surface area contributed by atoms with Gasteiger partial charge in [0.2, 0.25) is 11.8 Å². The van der Waals surface area contributed by atoms with Crippen LogP contribution in [-0.2, 0) is 16.9 Å². The van der Waals surface area contributed by atoms with E-state index in [1.807, 2.05) is 75.4 Å². The molecule has 0 bridgehead atoms. The molecule has 0 saturated carbocycles. The molecule has 0 spiro atoms. The molecule has 1 heterocycles. The molecule has 1 aliphatic rings. The van der Waals surface area contributed by atoms with Gasteiger partial charge in [0.05, 0.1) is 5.54 Å². The number of ether oxygens (including phenoxy) is 1. The van der Waals surface area contributed by atoms with E-state index >= 15 is 0 Å². The molecule has 2 atom stereocenters. The molecule has 1 aliphatic carbocycles. The maximum absolute atomic E-state index is 12.6. The third-order valence-corrected chi connectivity index (χ3v) is 5.70. The highest BCUT2D eigenvalue weighted by Gasteiger charge is 2.30. The monoisotopic (exact) mass is 462 g/mol. The van der Waals surface area contributed by atoms with E-state index in [0.717, 1.165) is 24.0 Å². The van der Waals surface area contributed by atoms with Crippen molar-refractivity contribution in [2.45, 2.75) is 64.6 Å². The van der Waals surface area contributed by atoms with Gasteiger partial charge in [-0.3, -0.25) is 0 Å². The number of amides is 1. The summed E-state index contributed by atoms with van der Waals surface area (Å²) in [7, 11) is 0. The number of hydrogen-bond acceptors (Lipinski definition) is 6. The van der Waals surface area contributed by atoms with E-state index in [2.05, 4.69) is 27.7 Å². The van der Waals surface area contributed by atoms with Gasteiger partial charge >= 0.3 is 6.09 Å². The summed E-state index contributed by atoms with van der Waals surface area (Å²) in [6.07, 6.45) is 14.5. The lowest BCUT2D eigenvalue weighted by Gasteiger charge is -2.21. The second-order valence-corrected chi connectivity index (χ2v) is 8.81. The lowest BCUT2D eigenvalue weighted by molar-refractivity contribution is 0.133. The van der Waals surface area contributed by atoms with Crippen LogP contribution in [0.1, 0.15) is 69.8 Å². The summed E-state index contributed by atoms with van der Waals surface area (Å²) in [5, 5.41) is 11.3. The van der Waals surface area contributed by atoms with Crippen molar-refractivity contribution in [2.75, 3.05) is 0 Å². The second kappa shape index (κ2) is 12.1. The van der Waals surface area contributed by atoms with Gasteiger partial charge in [-0.25, -0.2) is 4.79 Å². The maximum atomic E-state index is 12.6. The fourth-order valence-electron chi connectivity index (χ4n) is 3.66. The van der Waals surface area contributed by atoms with Gasteiger partial charge in [-0.05, 0) is 52.0 Å². The van der Waals surface area contributed by atoms with Crippen LogP contribution in [0.5, 0.6) is 0 Å². The molecule has 1 aromatic carbocycles. The number of alkyl carbamates (subject to hydrolysis) is 1. The minimum absolute atomic E-state index is 0.179. The van der Waals surface area contributed by atoms with E-state index in [1.165, 1.54) is 5.57 Å². The number of carbonyl (C=O) groups excluding carboxylic acids is 1. The van der Waals surface area contributed by atoms with Crippen LogP contribution in [0.25, 0.3) is 0 Å². The van der Waals surface area contributed by atoms with Gasteiger partial charge in [-0.1, -0.05) is 77.9 Å². The summed E-state index contributed by atoms with van der Waals surface area (Å²) in [6.45, 7) is 6.03. The molecule has 1 aromatic heterocycles. The third-order valence-electron chi connectivity index (χ3n) is 5.70. The fourth-order valence-corrected chi connectivity index (χ4v) is 3.66. The van der Waals surface area contributed by atoms with Gasteiger partial charge in [-0.15, -0.1) is 10.2 Å². The summed E-state index contributed by atoms with van der Waals surface area (Å²) in [5.74, 6) is 0.662. The Balaban J connectivity index is 1.72. The Labute approximate surface area is 201 Å². The number of nitrogens with zero attached hydrogens (tertiary/aromatic N) is 2. The molecule has 0 fully saturated rings. The lowest BCUT2D eigenvalue weighted by Crippen LogP contribution is -2.33. The number of carbonyl (C=O) groups is 1.